The Morgan fingerprint density at radius 3 is 2.50 bits per heavy atom. The van der Waals surface area contributed by atoms with E-state index in [2.05, 4.69) is 58.8 Å². The van der Waals surface area contributed by atoms with Crippen LogP contribution in [0.3, 0.4) is 0 Å². The van der Waals surface area contributed by atoms with Crippen LogP contribution in [0.25, 0.3) is 10.8 Å². The smallest absolute Gasteiger partial charge is 0.128 e. The second-order valence-corrected chi connectivity index (χ2v) is 5.02. The van der Waals surface area contributed by atoms with Crippen LogP contribution in [0.1, 0.15) is 11.1 Å². The molecule has 114 valence electrons. The van der Waals surface area contributed by atoms with Crippen LogP contribution < -0.4 is 22.5 Å². The maximum absolute atomic E-state index is 5.53. The van der Waals surface area contributed by atoms with E-state index in [1.54, 1.807) is 7.11 Å². The van der Waals surface area contributed by atoms with Crippen molar-refractivity contribution in [1.82, 2.24) is 4.98 Å². The maximum atomic E-state index is 5.53. The van der Waals surface area contributed by atoms with Gasteiger partial charge < -0.3 is 22.5 Å². The highest BCUT2D eigenvalue weighted by molar-refractivity contribution is 5.87. The van der Waals surface area contributed by atoms with E-state index in [-0.39, 0.29) is 12.4 Å². The summed E-state index contributed by atoms with van der Waals surface area (Å²) < 4.78 is 5.53. The van der Waals surface area contributed by atoms with Crippen LogP contribution in [0.5, 0.6) is 5.75 Å². The lowest BCUT2D eigenvalue weighted by Crippen LogP contribution is -3.00. The summed E-state index contributed by atoms with van der Waals surface area (Å²) in [5.41, 5.74) is 2.54. The molecule has 0 fully saturated rings. The summed E-state index contributed by atoms with van der Waals surface area (Å²) >= 11 is 0. The summed E-state index contributed by atoms with van der Waals surface area (Å²) in [7, 11) is 1.73. The number of pyridine rings is 1. The average Bonchev–Trinajstić information content (AvgIpc) is 2.56. The first-order chi connectivity index (χ1) is 10.4. The Balaban J connectivity index is 0.00000176. The van der Waals surface area contributed by atoms with Crippen LogP contribution >= 0.6 is 0 Å². The Labute approximate surface area is 136 Å². The van der Waals surface area contributed by atoms with Crippen molar-refractivity contribution in [1.29, 1.82) is 0 Å². The van der Waals surface area contributed by atoms with Crippen LogP contribution in [-0.4, -0.2) is 12.1 Å². The third-order valence-electron chi connectivity index (χ3n) is 3.70. The number of ether oxygens (including phenoxy) is 1. The molecule has 0 amide bonds. The molecule has 3 nitrogen and oxygen atoms in total. The maximum Gasteiger partial charge on any atom is 0.128 e. The van der Waals surface area contributed by atoms with Gasteiger partial charge in [0, 0.05) is 18.0 Å². The Morgan fingerprint density at radius 2 is 1.73 bits per heavy atom. The number of quaternary nitrogens is 1. The van der Waals surface area contributed by atoms with Gasteiger partial charge in [-0.05, 0) is 29.0 Å². The molecule has 3 aromatic rings. The third kappa shape index (κ3) is 3.56. The molecule has 0 saturated carbocycles. The number of aromatic nitrogens is 1. The predicted molar refractivity (Wildman–Crippen MR) is 84.1 cm³/mol. The van der Waals surface area contributed by atoms with Crippen molar-refractivity contribution in [3.05, 3.63) is 72.1 Å². The van der Waals surface area contributed by atoms with E-state index in [1.807, 2.05) is 12.4 Å². The summed E-state index contributed by atoms with van der Waals surface area (Å²) in [6.07, 6.45) is 3.67. The highest BCUT2D eigenvalue weighted by Crippen LogP contribution is 2.27. The van der Waals surface area contributed by atoms with Crippen molar-refractivity contribution < 1.29 is 22.5 Å². The van der Waals surface area contributed by atoms with Gasteiger partial charge in [-0.3, -0.25) is 4.98 Å². The largest absolute Gasteiger partial charge is 1.00 e. The first kappa shape index (κ1) is 16.3. The zero-order valence-electron chi connectivity index (χ0n) is 12.5. The predicted octanol–water partition coefficient (Wildman–Crippen LogP) is -0.489. The normalized spacial score (nSPS) is 10.2. The van der Waals surface area contributed by atoms with Gasteiger partial charge in [-0.25, -0.2) is 0 Å². The molecule has 2 aromatic carbocycles. The minimum absolute atomic E-state index is 0. The van der Waals surface area contributed by atoms with Gasteiger partial charge in [0.2, 0.25) is 0 Å². The molecule has 0 bridgehead atoms. The standard InChI is InChI=1S/C18H18N2O.ClH/c1-21-18-7-6-15-4-2-3-5-16(15)17(18)13-20-12-14-8-10-19-11-9-14;/h2-11,20H,12-13H2,1H3;1H. The minimum Gasteiger partial charge on any atom is -1.00 e. The third-order valence-corrected chi connectivity index (χ3v) is 3.70. The van der Waals surface area contributed by atoms with Gasteiger partial charge in [-0.2, -0.15) is 0 Å². The van der Waals surface area contributed by atoms with E-state index < -0.39 is 0 Å². The number of rotatable bonds is 5. The summed E-state index contributed by atoms with van der Waals surface area (Å²) in [6.45, 7) is 1.84. The fourth-order valence-electron chi connectivity index (χ4n) is 2.62. The Hall–Kier alpha value is -2.10. The fraction of sp³-hybridized carbons (Fsp3) is 0.167. The van der Waals surface area contributed by atoms with E-state index in [9.17, 15) is 0 Å². The number of nitrogens with zero attached hydrogens (tertiary/aromatic N) is 1. The van der Waals surface area contributed by atoms with E-state index in [4.69, 9.17) is 4.74 Å². The lowest BCUT2D eigenvalue weighted by molar-refractivity contribution is -0.686. The monoisotopic (exact) mass is 314 g/mol. The number of nitrogens with two attached hydrogens (primary N) is 1. The second kappa shape index (κ2) is 7.78. The van der Waals surface area contributed by atoms with Crippen molar-refractivity contribution >= 4 is 10.8 Å². The molecular formula is C18H19ClN2O. The molecule has 0 aliphatic rings. The summed E-state index contributed by atoms with van der Waals surface area (Å²) in [5.74, 6) is 0.958. The Morgan fingerprint density at radius 1 is 0.955 bits per heavy atom. The van der Waals surface area contributed by atoms with Crippen molar-refractivity contribution in [2.45, 2.75) is 13.1 Å². The molecule has 2 N–H and O–H groups in total. The number of hydrogen-bond acceptors (Lipinski definition) is 2. The van der Waals surface area contributed by atoms with Crippen LogP contribution in [0, 0.1) is 0 Å². The number of hydrogen-bond donors (Lipinski definition) is 1. The molecule has 0 saturated heterocycles. The minimum atomic E-state index is 0. The number of methoxy groups -OCH3 is 1. The molecule has 0 aliphatic heterocycles. The zero-order valence-corrected chi connectivity index (χ0v) is 13.3. The summed E-state index contributed by atoms with van der Waals surface area (Å²) in [6, 6.07) is 16.7. The van der Waals surface area contributed by atoms with Crippen LogP contribution in [0.4, 0.5) is 0 Å². The molecule has 3 rings (SSSR count). The van der Waals surface area contributed by atoms with E-state index >= 15 is 0 Å². The molecule has 0 spiro atoms. The fourth-order valence-corrected chi connectivity index (χ4v) is 2.62. The van der Waals surface area contributed by atoms with Crippen molar-refractivity contribution in [2.24, 2.45) is 0 Å². The van der Waals surface area contributed by atoms with Crippen molar-refractivity contribution in [3.8, 4) is 5.75 Å². The Bertz CT molecular complexity index is 731. The number of fused-ring (bicyclic) bond motifs is 1. The van der Waals surface area contributed by atoms with Gasteiger partial charge in [0.15, 0.2) is 0 Å². The second-order valence-electron chi connectivity index (χ2n) is 5.02. The SMILES string of the molecule is COc1ccc2ccccc2c1C[NH2+]Cc1ccncc1.[Cl-]. The summed E-state index contributed by atoms with van der Waals surface area (Å²) in [5, 5.41) is 4.81. The van der Waals surface area contributed by atoms with Gasteiger partial charge in [-0.1, -0.05) is 30.3 Å². The summed E-state index contributed by atoms with van der Waals surface area (Å²) in [4.78, 5) is 4.05. The molecule has 4 heteroatoms. The van der Waals surface area contributed by atoms with Crippen LogP contribution in [-0.2, 0) is 13.1 Å². The van der Waals surface area contributed by atoms with E-state index in [0.717, 1.165) is 18.8 Å². The molecule has 0 aliphatic carbocycles. The molecule has 0 radical (unpaired) electrons. The number of halogens is 1. The van der Waals surface area contributed by atoms with Gasteiger partial charge in [0.05, 0.1) is 12.7 Å². The molecule has 1 heterocycles. The highest BCUT2D eigenvalue weighted by Gasteiger charge is 2.09. The molecule has 22 heavy (non-hydrogen) atoms. The van der Waals surface area contributed by atoms with Crippen LogP contribution in [0.2, 0.25) is 0 Å². The van der Waals surface area contributed by atoms with Crippen molar-refractivity contribution in [2.75, 3.05) is 7.11 Å². The van der Waals surface area contributed by atoms with Crippen molar-refractivity contribution in [3.63, 3.8) is 0 Å². The van der Waals surface area contributed by atoms with Gasteiger partial charge in [0.25, 0.3) is 0 Å². The molecule has 0 unspecified atom stereocenters. The van der Waals surface area contributed by atoms with Gasteiger partial charge in [-0.15, -0.1) is 0 Å². The highest BCUT2D eigenvalue weighted by atomic mass is 35.5. The molecular weight excluding hydrogens is 296 g/mol. The lowest BCUT2D eigenvalue weighted by Gasteiger charge is -2.11. The van der Waals surface area contributed by atoms with E-state index in [0.29, 0.717) is 0 Å². The first-order valence-corrected chi connectivity index (χ1v) is 7.13. The number of benzene rings is 2. The molecule has 0 atom stereocenters. The van der Waals surface area contributed by atoms with Gasteiger partial charge in [0.1, 0.15) is 18.8 Å². The Kier molecular flexibility index (Phi) is 5.75. The zero-order chi connectivity index (χ0) is 14.5. The topological polar surface area (TPSA) is 38.7 Å². The lowest BCUT2D eigenvalue weighted by atomic mass is 10.0. The average molecular weight is 315 g/mol. The van der Waals surface area contributed by atoms with E-state index in [1.165, 1.54) is 21.9 Å². The first-order valence-electron chi connectivity index (χ1n) is 7.13. The van der Waals surface area contributed by atoms with Gasteiger partial charge >= 0.3 is 0 Å². The van der Waals surface area contributed by atoms with Crippen LogP contribution in [0.15, 0.2) is 60.9 Å². The quantitative estimate of drug-likeness (QED) is 0.690. The molecule has 1 aromatic heterocycles.